The zero-order chi connectivity index (χ0) is 14.0. The van der Waals surface area contributed by atoms with Crippen LogP contribution in [0.15, 0.2) is 22.7 Å². The van der Waals surface area contributed by atoms with Crippen LogP contribution in [-0.2, 0) is 0 Å². The van der Waals surface area contributed by atoms with Crippen molar-refractivity contribution in [3.8, 4) is 0 Å². The number of amides is 1. The maximum atomic E-state index is 12.5. The molecule has 1 fully saturated rings. The summed E-state index contributed by atoms with van der Waals surface area (Å²) in [5, 5.41) is 0.496. The molecule has 0 aromatic heterocycles. The monoisotopic (exact) mass is 344 g/mol. The van der Waals surface area contributed by atoms with Crippen molar-refractivity contribution in [1.82, 2.24) is 4.90 Å². The van der Waals surface area contributed by atoms with Crippen molar-refractivity contribution in [2.24, 2.45) is 11.7 Å². The van der Waals surface area contributed by atoms with E-state index in [9.17, 15) is 4.79 Å². The van der Waals surface area contributed by atoms with Gasteiger partial charge in [0.25, 0.3) is 5.91 Å². The minimum atomic E-state index is -0.00310. The second kappa shape index (κ2) is 6.25. The first-order valence-corrected chi connectivity index (χ1v) is 7.70. The minimum absolute atomic E-state index is 0.00310. The van der Waals surface area contributed by atoms with Crippen molar-refractivity contribution in [3.05, 3.63) is 33.3 Å². The van der Waals surface area contributed by atoms with Crippen molar-refractivity contribution in [1.29, 1.82) is 0 Å². The lowest BCUT2D eigenvalue weighted by Crippen LogP contribution is -2.49. The quantitative estimate of drug-likeness (QED) is 0.894. The van der Waals surface area contributed by atoms with E-state index in [1.807, 2.05) is 11.0 Å². The predicted octanol–water partition coefficient (Wildman–Crippen LogP) is 3.30. The van der Waals surface area contributed by atoms with E-state index in [1.54, 1.807) is 12.1 Å². The van der Waals surface area contributed by atoms with Gasteiger partial charge in [0.2, 0.25) is 0 Å². The van der Waals surface area contributed by atoms with Gasteiger partial charge in [-0.2, -0.15) is 0 Å². The number of carbonyl (C=O) groups excluding carboxylic acids is 1. The van der Waals surface area contributed by atoms with E-state index in [2.05, 4.69) is 22.9 Å². The van der Waals surface area contributed by atoms with Gasteiger partial charge < -0.3 is 10.6 Å². The van der Waals surface area contributed by atoms with E-state index in [0.717, 1.165) is 23.9 Å². The van der Waals surface area contributed by atoms with E-state index in [-0.39, 0.29) is 11.9 Å². The van der Waals surface area contributed by atoms with Crippen molar-refractivity contribution < 1.29 is 4.79 Å². The van der Waals surface area contributed by atoms with Crippen molar-refractivity contribution in [2.75, 3.05) is 13.1 Å². The Morgan fingerprint density at radius 3 is 3.00 bits per heavy atom. The van der Waals surface area contributed by atoms with E-state index < -0.39 is 0 Å². The fraction of sp³-hybridized carbons (Fsp3) is 0.500. The van der Waals surface area contributed by atoms with Crippen LogP contribution in [-0.4, -0.2) is 29.9 Å². The summed E-state index contributed by atoms with van der Waals surface area (Å²) < 4.78 is 0.862. The number of hydrogen-bond acceptors (Lipinski definition) is 2. The molecule has 1 aromatic rings. The van der Waals surface area contributed by atoms with Crippen molar-refractivity contribution in [3.63, 3.8) is 0 Å². The van der Waals surface area contributed by atoms with Crippen LogP contribution in [0.1, 0.15) is 30.1 Å². The Balaban J connectivity index is 2.18. The Bertz CT molecular complexity index is 481. The number of piperidine rings is 1. The smallest absolute Gasteiger partial charge is 0.255 e. The number of carbonyl (C=O) groups is 1. The molecule has 2 rings (SSSR count). The lowest BCUT2D eigenvalue weighted by Gasteiger charge is -2.36. The van der Waals surface area contributed by atoms with Gasteiger partial charge in [-0.15, -0.1) is 0 Å². The normalized spacial score (nSPS) is 23.5. The molecular weight excluding hydrogens is 328 g/mol. The summed E-state index contributed by atoms with van der Waals surface area (Å²) in [4.78, 5) is 14.4. The third-order valence-corrected chi connectivity index (χ3v) is 4.59. The first-order valence-electron chi connectivity index (χ1n) is 6.52. The fourth-order valence-corrected chi connectivity index (χ4v) is 3.06. The molecular formula is C14H18BrClN2O. The molecule has 1 aromatic carbocycles. The third-order valence-electron chi connectivity index (χ3n) is 3.76. The maximum Gasteiger partial charge on any atom is 0.255 e. The van der Waals surface area contributed by atoms with Gasteiger partial charge in [0.1, 0.15) is 0 Å². The van der Waals surface area contributed by atoms with Crippen LogP contribution < -0.4 is 5.73 Å². The van der Waals surface area contributed by atoms with Crippen molar-refractivity contribution >= 4 is 33.4 Å². The Morgan fingerprint density at radius 1 is 1.58 bits per heavy atom. The Labute approximate surface area is 127 Å². The zero-order valence-corrected chi connectivity index (χ0v) is 13.2. The molecule has 1 heterocycles. The molecule has 1 aliphatic heterocycles. The first kappa shape index (κ1) is 14.8. The van der Waals surface area contributed by atoms with E-state index in [1.165, 1.54) is 0 Å². The molecule has 2 atom stereocenters. The second-order valence-electron chi connectivity index (χ2n) is 5.00. The summed E-state index contributed by atoms with van der Waals surface area (Å²) in [6.45, 7) is 3.54. The van der Waals surface area contributed by atoms with E-state index in [4.69, 9.17) is 17.3 Å². The van der Waals surface area contributed by atoms with Crippen LogP contribution >= 0.6 is 27.5 Å². The molecule has 19 heavy (non-hydrogen) atoms. The van der Waals surface area contributed by atoms with Gasteiger partial charge in [-0.25, -0.2) is 0 Å². The number of nitrogens with two attached hydrogens (primary N) is 1. The summed E-state index contributed by atoms with van der Waals surface area (Å²) in [7, 11) is 0. The summed E-state index contributed by atoms with van der Waals surface area (Å²) in [6.07, 6.45) is 1.85. The summed E-state index contributed by atoms with van der Waals surface area (Å²) in [6, 6.07) is 5.55. The van der Waals surface area contributed by atoms with Gasteiger partial charge in [0.05, 0.1) is 10.6 Å². The van der Waals surface area contributed by atoms with Crippen LogP contribution in [0.5, 0.6) is 0 Å². The zero-order valence-electron chi connectivity index (χ0n) is 10.9. The minimum Gasteiger partial charge on any atom is -0.338 e. The number of likely N-dealkylation sites (tertiary alicyclic amines) is 1. The maximum absolute atomic E-state index is 12.5. The van der Waals surface area contributed by atoms with Gasteiger partial charge >= 0.3 is 0 Å². The summed E-state index contributed by atoms with van der Waals surface area (Å²) in [5.74, 6) is 0.375. The molecule has 0 saturated carbocycles. The Morgan fingerprint density at radius 2 is 2.32 bits per heavy atom. The lowest BCUT2D eigenvalue weighted by molar-refractivity contribution is 0.0649. The lowest BCUT2D eigenvalue weighted by atomic mass is 9.90. The molecule has 0 radical (unpaired) electrons. The molecule has 5 heteroatoms. The topological polar surface area (TPSA) is 46.3 Å². The molecule has 2 N–H and O–H groups in total. The average molecular weight is 346 g/mol. The molecule has 0 spiro atoms. The number of benzene rings is 1. The highest BCUT2D eigenvalue weighted by Gasteiger charge is 2.29. The SMILES string of the molecule is CCC1CN(C(=O)c2cc(Br)ccc2Cl)CCC1N. The summed E-state index contributed by atoms with van der Waals surface area (Å²) in [5.41, 5.74) is 6.63. The molecule has 0 bridgehead atoms. The third kappa shape index (κ3) is 3.30. The van der Waals surface area contributed by atoms with Crippen LogP contribution in [0.3, 0.4) is 0 Å². The van der Waals surface area contributed by atoms with Crippen LogP contribution in [0.2, 0.25) is 5.02 Å². The highest BCUT2D eigenvalue weighted by molar-refractivity contribution is 9.10. The highest BCUT2D eigenvalue weighted by atomic mass is 79.9. The highest BCUT2D eigenvalue weighted by Crippen LogP contribution is 2.25. The molecule has 3 nitrogen and oxygen atoms in total. The molecule has 1 aliphatic rings. The van der Waals surface area contributed by atoms with E-state index >= 15 is 0 Å². The number of rotatable bonds is 2. The van der Waals surface area contributed by atoms with Gasteiger partial charge in [-0.1, -0.05) is 40.9 Å². The molecule has 104 valence electrons. The number of hydrogen-bond donors (Lipinski definition) is 1. The van der Waals surface area contributed by atoms with Crippen molar-refractivity contribution in [2.45, 2.75) is 25.8 Å². The van der Waals surface area contributed by atoms with Gasteiger partial charge in [-0.05, 0) is 30.5 Å². The average Bonchev–Trinajstić information content (AvgIpc) is 2.41. The first-order chi connectivity index (χ1) is 9.02. The second-order valence-corrected chi connectivity index (χ2v) is 6.32. The van der Waals surface area contributed by atoms with Crippen LogP contribution in [0.4, 0.5) is 0 Å². The Hall–Kier alpha value is -0.580. The largest absolute Gasteiger partial charge is 0.338 e. The molecule has 1 saturated heterocycles. The predicted molar refractivity (Wildman–Crippen MR) is 81.4 cm³/mol. The molecule has 0 aliphatic carbocycles. The fourth-order valence-electron chi connectivity index (χ4n) is 2.50. The van der Waals surface area contributed by atoms with E-state index in [0.29, 0.717) is 23.0 Å². The van der Waals surface area contributed by atoms with Gasteiger partial charge in [-0.3, -0.25) is 4.79 Å². The molecule has 1 amide bonds. The van der Waals surface area contributed by atoms with Crippen LogP contribution in [0.25, 0.3) is 0 Å². The van der Waals surface area contributed by atoms with Gasteiger partial charge in [0, 0.05) is 23.6 Å². The molecule has 2 unspecified atom stereocenters. The standard InChI is InChI=1S/C14H18BrClN2O/c1-2-9-8-18(6-5-13(9)17)14(19)11-7-10(15)3-4-12(11)16/h3-4,7,9,13H,2,5-6,8,17H2,1H3. The van der Waals surface area contributed by atoms with Gasteiger partial charge in [0.15, 0.2) is 0 Å². The van der Waals surface area contributed by atoms with Crippen LogP contribution in [0, 0.1) is 5.92 Å². The Kier molecular flexibility index (Phi) is 4.87. The number of nitrogens with zero attached hydrogens (tertiary/aromatic N) is 1. The summed E-state index contributed by atoms with van der Waals surface area (Å²) >= 11 is 9.49. The number of halogens is 2.